The minimum atomic E-state index is -0.806. The molecule has 5 nitrogen and oxygen atoms in total. The van der Waals surface area contributed by atoms with Crippen LogP contribution in [-0.4, -0.2) is 32.1 Å². The highest BCUT2D eigenvalue weighted by Crippen LogP contribution is 2.15. The maximum absolute atomic E-state index is 12.3. The van der Waals surface area contributed by atoms with Gasteiger partial charge in [-0.25, -0.2) is 4.79 Å². The van der Waals surface area contributed by atoms with E-state index in [9.17, 15) is 9.59 Å². The van der Waals surface area contributed by atoms with Crippen LogP contribution in [-0.2, 0) is 16.1 Å². The molecule has 1 amide bonds. The van der Waals surface area contributed by atoms with Crippen LogP contribution in [0.5, 0.6) is 0 Å². The third-order valence-electron chi connectivity index (χ3n) is 3.82. The SMILES string of the molecule is CCC(OC(=O)c1cccc(N(C)C)c1)C(=O)NCc1ccccc1. The minimum Gasteiger partial charge on any atom is -0.449 e. The number of carbonyl (C=O) groups is 2. The molecule has 1 unspecified atom stereocenters. The number of esters is 1. The molecular formula is C20H24N2O3. The maximum Gasteiger partial charge on any atom is 0.338 e. The van der Waals surface area contributed by atoms with Crippen molar-refractivity contribution in [1.29, 1.82) is 0 Å². The van der Waals surface area contributed by atoms with Crippen LogP contribution in [0, 0.1) is 0 Å². The molecule has 0 bridgehead atoms. The van der Waals surface area contributed by atoms with Gasteiger partial charge in [-0.2, -0.15) is 0 Å². The quantitative estimate of drug-likeness (QED) is 0.787. The molecule has 0 aliphatic heterocycles. The number of nitrogens with zero attached hydrogens (tertiary/aromatic N) is 1. The highest BCUT2D eigenvalue weighted by molar-refractivity contribution is 5.93. The Morgan fingerprint density at radius 1 is 1.08 bits per heavy atom. The van der Waals surface area contributed by atoms with E-state index in [0.29, 0.717) is 18.5 Å². The normalized spacial score (nSPS) is 11.5. The molecule has 2 aromatic carbocycles. The fourth-order valence-corrected chi connectivity index (χ4v) is 2.33. The monoisotopic (exact) mass is 340 g/mol. The first kappa shape index (κ1) is 18.5. The van der Waals surface area contributed by atoms with E-state index >= 15 is 0 Å². The molecule has 2 aromatic rings. The molecule has 0 aliphatic rings. The Morgan fingerprint density at radius 2 is 1.80 bits per heavy atom. The third-order valence-corrected chi connectivity index (χ3v) is 3.82. The predicted molar refractivity (Wildman–Crippen MR) is 98.6 cm³/mol. The Morgan fingerprint density at radius 3 is 2.44 bits per heavy atom. The molecule has 5 heteroatoms. The van der Waals surface area contributed by atoms with Crippen LogP contribution in [0.2, 0.25) is 0 Å². The standard InChI is InChI=1S/C20H24N2O3/c1-4-18(19(23)21-14-15-9-6-5-7-10-15)25-20(24)16-11-8-12-17(13-16)22(2)3/h5-13,18H,4,14H2,1-3H3,(H,21,23). The Hall–Kier alpha value is -2.82. The fraction of sp³-hybridized carbons (Fsp3) is 0.300. The van der Waals surface area contributed by atoms with Crippen molar-refractivity contribution in [2.45, 2.75) is 26.0 Å². The Balaban J connectivity index is 1.97. The van der Waals surface area contributed by atoms with Gasteiger partial charge < -0.3 is 15.0 Å². The second-order valence-electron chi connectivity index (χ2n) is 5.95. The van der Waals surface area contributed by atoms with Crippen LogP contribution in [0.15, 0.2) is 54.6 Å². The van der Waals surface area contributed by atoms with Gasteiger partial charge in [-0.1, -0.05) is 43.3 Å². The Labute approximate surface area is 148 Å². The number of carbonyl (C=O) groups excluding carboxylic acids is 2. The smallest absolute Gasteiger partial charge is 0.338 e. The topological polar surface area (TPSA) is 58.6 Å². The fourth-order valence-electron chi connectivity index (χ4n) is 2.33. The van der Waals surface area contributed by atoms with Crippen molar-refractivity contribution in [2.75, 3.05) is 19.0 Å². The number of amides is 1. The summed E-state index contributed by atoms with van der Waals surface area (Å²) in [5, 5.41) is 2.81. The number of ether oxygens (including phenoxy) is 1. The second-order valence-corrected chi connectivity index (χ2v) is 5.95. The summed E-state index contributed by atoms with van der Waals surface area (Å²) >= 11 is 0. The van der Waals surface area contributed by atoms with E-state index in [1.807, 2.05) is 62.3 Å². The van der Waals surface area contributed by atoms with Crippen molar-refractivity contribution in [3.05, 3.63) is 65.7 Å². The van der Waals surface area contributed by atoms with E-state index in [-0.39, 0.29) is 5.91 Å². The zero-order chi connectivity index (χ0) is 18.2. The second kappa shape index (κ2) is 8.87. The summed E-state index contributed by atoms with van der Waals surface area (Å²) in [6.07, 6.45) is -0.390. The summed E-state index contributed by atoms with van der Waals surface area (Å²) in [4.78, 5) is 26.5. The van der Waals surface area contributed by atoms with Crippen molar-refractivity contribution in [3.63, 3.8) is 0 Å². The first-order chi connectivity index (χ1) is 12.0. The Kier molecular flexibility index (Phi) is 6.57. The lowest BCUT2D eigenvalue weighted by atomic mass is 10.2. The van der Waals surface area contributed by atoms with Crippen LogP contribution in [0.3, 0.4) is 0 Å². The van der Waals surface area contributed by atoms with Crippen LogP contribution in [0.25, 0.3) is 0 Å². The first-order valence-corrected chi connectivity index (χ1v) is 8.31. The van der Waals surface area contributed by atoms with E-state index in [0.717, 1.165) is 11.3 Å². The average Bonchev–Trinajstić information content (AvgIpc) is 2.64. The van der Waals surface area contributed by atoms with Crippen molar-refractivity contribution in [3.8, 4) is 0 Å². The molecule has 1 atom stereocenters. The molecule has 0 saturated carbocycles. The number of hydrogen-bond acceptors (Lipinski definition) is 4. The number of hydrogen-bond donors (Lipinski definition) is 1. The molecule has 2 rings (SSSR count). The van der Waals surface area contributed by atoms with Crippen LogP contribution < -0.4 is 10.2 Å². The van der Waals surface area contributed by atoms with Gasteiger partial charge in [-0.3, -0.25) is 4.79 Å². The zero-order valence-corrected chi connectivity index (χ0v) is 14.9. The zero-order valence-electron chi connectivity index (χ0n) is 14.9. The maximum atomic E-state index is 12.3. The highest BCUT2D eigenvalue weighted by atomic mass is 16.5. The van der Waals surface area contributed by atoms with Crippen molar-refractivity contribution >= 4 is 17.6 Å². The number of anilines is 1. The molecule has 25 heavy (non-hydrogen) atoms. The highest BCUT2D eigenvalue weighted by Gasteiger charge is 2.22. The Bertz CT molecular complexity index is 714. The molecule has 0 aromatic heterocycles. The lowest BCUT2D eigenvalue weighted by molar-refractivity contribution is -0.130. The molecule has 0 saturated heterocycles. The summed E-state index contributed by atoms with van der Waals surface area (Å²) in [7, 11) is 3.80. The van der Waals surface area contributed by atoms with Crippen molar-refractivity contribution in [2.24, 2.45) is 0 Å². The number of benzene rings is 2. The molecule has 0 aliphatic carbocycles. The first-order valence-electron chi connectivity index (χ1n) is 8.31. The average molecular weight is 340 g/mol. The van der Waals surface area contributed by atoms with E-state index < -0.39 is 12.1 Å². The van der Waals surface area contributed by atoms with Crippen LogP contribution >= 0.6 is 0 Å². The lowest BCUT2D eigenvalue weighted by Gasteiger charge is -2.17. The largest absolute Gasteiger partial charge is 0.449 e. The summed E-state index contributed by atoms with van der Waals surface area (Å²) in [6.45, 7) is 2.22. The molecule has 132 valence electrons. The van der Waals surface area contributed by atoms with Crippen molar-refractivity contribution in [1.82, 2.24) is 5.32 Å². The number of rotatable bonds is 7. The summed E-state index contributed by atoms with van der Waals surface area (Å²) in [5.41, 5.74) is 2.33. The molecule has 0 heterocycles. The van der Waals surface area contributed by atoms with E-state index in [4.69, 9.17) is 4.74 Å². The van der Waals surface area contributed by atoms with Gasteiger partial charge in [0.05, 0.1) is 5.56 Å². The van der Waals surface area contributed by atoms with Gasteiger partial charge in [-0.15, -0.1) is 0 Å². The van der Waals surface area contributed by atoms with Gasteiger partial charge in [0.25, 0.3) is 5.91 Å². The van der Waals surface area contributed by atoms with Crippen molar-refractivity contribution < 1.29 is 14.3 Å². The van der Waals surface area contributed by atoms with E-state index in [1.54, 1.807) is 18.2 Å². The molecule has 0 spiro atoms. The van der Waals surface area contributed by atoms with E-state index in [2.05, 4.69) is 5.32 Å². The molecule has 0 fully saturated rings. The van der Waals surface area contributed by atoms with E-state index in [1.165, 1.54) is 0 Å². The number of nitrogens with one attached hydrogen (secondary N) is 1. The van der Waals surface area contributed by atoms with Gasteiger partial charge >= 0.3 is 5.97 Å². The summed E-state index contributed by atoms with van der Waals surface area (Å²) in [6, 6.07) is 16.7. The lowest BCUT2D eigenvalue weighted by Crippen LogP contribution is -2.37. The van der Waals surface area contributed by atoms with Gasteiger partial charge in [-0.05, 0) is 30.2 Å². The van der Waals surface area contributed by atoms with Gasteiger partial charge in [0.1, 0.15) is 0 Å². The third kappa shape index (κ3) is 5.35. The molecular weight excluding hydrogens is 316 g/mol. The predicted octanol–water partition coefficient (Wildman–Crippen LogP) is 3.00. The van der Waals surface area contributed by atoms with Crippen LogP contribution in [0.4, 0.5) is 5.69 Å². The summed E-state index contributed by atoms with van der Waals surface area (Å²) < 4.78 is 5.40. The minimum absolute atomic E-state index is 0.288. The summed E-state index contributed by atoms with van der Waals surface area (Å²) in [5.74, 6) is -0.783. The molecule has 1 N–H and O–H groups in total. The van der Waals surface area contributed by atoms with Crippen LogP contribution in [0.1, 0.15) is 29.3 Å². The van der Waals surface area contributed by atoms with Gasteiger partial charge in [0, 0.05) is 26.3 Å². The van der Waals surface area contributed by atoms with Gasteiger partial charge in [0.15, 0.2) is 6.10 Å². The van der Waals surface area contributed by atoms with Gasteiger partial charge in [0.2, 0.25) is 0 Å². The molecule has 0 radical (unpaired) electrons.